The van der Waals surface area contributed by atoms with Crippen molar-refractivity contribution in [1.82, 2.24) is 4.98 Å². The molecule has 0 aliphatic carbocycles. The minimum Gasteiger partial charge on any atom is -0.355 e. The Morgan fingerprint density at radius 2 is 0.833 bits per heavy atom. The van der Waals surface area contributed by atoms with Crippen molar-refractivity contribution >= 4 is 59.8 Å². The van der Waals surface area contributed by atoms with Crippen LogP contribution in [-0.2, 0) is 0 Å². The standard InChI is InChI=1S/C31H22.C12H9N.C9H9N/c1-21-13-15-22(16-14-21)23-7-6-8-24(19-23)25-17-18-30-28-11-3-2-9-26(28)27-10-4-5-12-29(27)31(30)20-25;1-3-7-11-9(5-1)10-6-2-4-8-12(10)13-11;1-2-9(10)8-6-4-3-5-7-8/h2-20H,1H3;1-8,13H;2-7,10H,1H2. The van der Waals surface area contributed by atoms with E-state index in [-0.39, 0.29) is 0 Å². The zero-order valence-electron chi connectivity index (χ0n) is 30.3. The molecule has 0 spiro atoms. The highest BCUT2D eigenvalue weighted by Gasteiger charge is 2.10. The Labute approximate surface area is 316 Å². The molecule has 54 heavy (non-hydrogen) atoms. The zero-order chi connectivity index (χ0) is 36.9. The van der Waals surface area contributed by atoms with Crippen LogP contribution >= 0.6 is 0 Å². The van der Waals surface area contributed by atoms with Gasteiger partial charge in [-0.3, -0.25) is 0 Å². The summed E-state index contributed by atoms with van der Waals surface area (Å²) < 4.78 is 0. The van der Waals surface area contributed by atoms with Crippen LogP contribution in [-0.4, -0.2) is 10.7 Å². The first-order valence-electron chi connectivity index (χ1n) is 18.3. The average molecular weight is 693 g/mol. The highest BCUT2D eigenvalue weighted by atomic mass is 14.7. The zero-order valence-corrected chi connectivity index (χ0v) is 30.3. The highest BCUT2D eigenvalue weighted by molar-refractivity contribution is 6.25. The summed E-state index contributed by atoms with van der Waals surface area (Å²) in [6, 6.07) is 68.3. The molecule has 10 rings (SSSR count). The summed E-state index contributed by atoms with van der Waals surface area (Å²) in [7, 11) is 0. The largest absolute Gasteiger partial charge is 0.355 e. The number of benzene rings is 9. The monoisotopic (exact) mass is 692 g/mol. The van der Waals surface area contributed by atoms with Gasteiger partial charge in [-0.1, -0.05) is 182 Å². The molecule has 0 amide bonds. The van der Waals surface area contributed by atoms with Gasteiger partial charge in [0.25, 0.3) is 0 Å². The van der Waals surface area contributed by atoms with E-state index >= 15 is 0 Å². The molecule has 0 saturated heterocycles. The van der Waals surface area contributed by atoms with Crippen LogP contribution in [0.15, 0.2) is 207 Å². The van der Waals surface area contributed by atoms with Gasteiger partial charge in [0.05, 0.1) is 5.71 Å². The predicted molar refractivity (Wildman–Crippen MR) is 234 cm³/mol. The topological polar surface area (TPSA) is 39.6 Å². The maximum atomic E-state index is 7.36. The van der Waals surface area contributed by atoms with Crippen LogP contribution in [0.1, 0.15) is 11.1 Å². The summed E-state index contributed by atoms with van der Waals surface area (Å²) in [5.74, 6) is 0. The van der Waals surface area contributed by atoms with Crippen LogP contribution < -0.4 is 0 Å². The van der Waals surface area contributed by atoms with Gasteiger partial charge >= 0.3 is 0 Å². The Kier molecular flexibility index (Phi) is 9.65. The lowest BCUT2D eigenvalue weighted by Crippen LogP contribution is -1.91. The van der Waals surface area contributed by atoms with Crippen LogP contribution in [0, 0.1) is 12.3 Å². The molecule has 1 heterocycles. The van der Waals surface area contributed by atoms with Crippen LogP contribution in [0.4, 0.5) is 0 Å². The smallest absolute Gasteiger partial charge is 0.0606 e. The lowest BCUT2D eigenvalue weighted by atomic mass is 9.91. The lowest BCUT2D eigenvalue weighted by Gasteiger charge is -2.12. The molecule has 0 bridgehead atoms. The number of rotatable bonds is 4. The summed E-state index contributed by atoms with van der Waals surface area (Å²) in [4.78, 5) is 3.38. The first kappa shape index (κ1) is 34.1. The molecule has 2 N–H and O–H groups in total. The number of para-hydroxylation sites is 2. The summed E-state index contributed by atoms with van der Waals surface area (Å²) in [5.41, 5.74) is 10.1. The Balaban J connectivity index is 0.000000146. The summed E-state index contributed by atoms with van der Waals surface area (Å²) in [6.07, 6.45) is 1.54. The quantitative estimate of drug-likeness (QED) is 0.136. The third kappa shape index (κ3) is 6.93. The van der Waals surface area contributed by atoms with E-state index in [0.29, 0.717) is 5.71 Å². The molecule has 1 aromatic heterocycles. The van der Waals surface area contributed by atoms with Gasteiger partial charge in [0.1, 0.15) is 0 Å². The molecular formula is C52H40N2. The Hall–Kier alpha value is -7.03. The Bertz CT molecular complexity index is 2830. The molecule has 258 valence electrons. The SMILES string of the molecule is C=CC(=N)c1ccccc1.Cc1ccc(-c2cccc(-c3ccc4c5ccccc5c5ccccc5c4c3)c2)cc1.c1ccc2c(c1)[nH]c1ccccc12. The van der Waals surface area contributed by atoms with Crippen molar-refractivity contribution in [3.05, 3.63) is 218 Å². The number of aromatic nitrogens is 1. The van der Waals surface area contributed by atoms with E-state index in [9.17, 15) is 0 Å². The number of hydrogen-bond donors (Lipinski definition) is 2. The number of allylic oxidation sites excluding steroid dienone is 1. The second kappa shape index (κ2) is 15.3. The fraction of sp³-hybridized carbons (Fsp3) is 0.0192. The van der Waals surface area contributed by atoms with Gasteiger partial charge < -0.3 is 10.4 Å². The van der Waals surface area contributed by atoms with Crippen molar-refractivity contribution < 1.29 is 0 Å². The number of aromatic amines is 1. The minimum atomic E-state index is 0.473. The summed E-state index contributed by atoms with van der Waals surface area (Å²) in [6.45, 7) is 5.64. The number of aryl methyl sites for hydroxylation is 1. The van der Waals surface area contributed by atoms with Crippen LogP contribution in [0.25, 0.3) is 76.4 Å². The van der Waals surface area contributed by atoms with Gasteiger partial charge in [-0.05, 0) is 97.4 Å². The van der Waals surface area contributed by atoms with Gasteiger partial charge in [-0.15, -0.1) is 0 Å². The molecule has 0 fully saturated rings. The number of hydrogen-bond acceptors (Lipinski definition) is 1. The number of fused-ring (bicyclic) bond motifs is 9. The number of nitrogens with one attached hydrogen (secondary N) is 2. The predicted octanol–water partition coefficient (Wildman–Crippen LogP) is 14.4. The average Bonchev–Trinajstić information content (AvgIpc) is 3.63. The molecule has 0 unspecified atom stereocenters. The first-order valence-corrected chi connectivity index (χ1v) is 18.3. The van der Waals surface area contributed by atoms with Crippen molar-refractivity contribution in [2.75, 3.05) is 0 Å². The highest BCUT2D eigenvalue weighted by Crippen LogP contribution is 2.37. The van der Waals surface area contributed by atoms with Crippen molar-refractivity contribution in [1.29, 1.82) is 5.41 Å². The van der Waals surface area contributed by atoms with Crippen LogP contribution in [0.3, 0.4) is 0 Å². The van der Waals surface area contributed by atoms with Crippen LogP contribution in [0.5, 0.6) is 0 Å². The molecule has 0 saturated carbocycles. The van der Waals surface area contributed by atoms with Gasteiger partial charge in [-0.25, -0.2) is 0 Å². The van der Waals surface area contributed by atoms with Gasteiger partial charge in [0.2, 0.25) is 0 Å². The van der Waals surface area contributed by atoms with E-state index in [1.165, 1.54) is 88.0 Å². The molecule has 0 radical (unpaired) electrons. The molecule has 0 aliphatic rings. The van der Waals surface area contributed by atoms with Crippen molar-refractivity contribution in [3.63, 3.8) is 0 Å². The maximum absolute atomic E-state index is 7.36. The summed E-state index contributed by atoms with van der Waals surface area (Å²) >= 11 is 0. The Morgan fingerprint density at radius 1 is 0.407 bits per heavy atom. The molecule has 10 aromatic rings. The molecular weight excluding hydrogens is 653 g/mol. The first-order chi connectivity index (χ1) is 26.6. The normalized spacial score (nSPS) is 10.8. The van der Waals surface area contributed by atoms with E-state index in [1.807, 2.05) is 30.3 Å². The lowest BCUT2D eigenvalue weighted by molar-refractivity contribution is 1.47. The third-order valence-electron chi connectivity index (χ3n) is 10.0. The van der Waals surface area contributed by atoms with E-state index in [0.717, 1.165) is 5.56 Å². The molecule has 0 aliphatic heterocycles. The second-order valence-corrected chi connectivity index (χ2v) is 13.5. The number of H-pyrrole nitrogens is 1. The molecule has 2 heteroatoms. The van der Waals surface area contributed by atoms with E-state index < -0.39 is 0 Å². The summed E-state index contributed by atoms with van der Waals surface area (Å²) in [5, 5.41) is 17.9. The minimum absolute atomic E-state index is 0.473. The van der Waals surface area contributed by atoms with Crippen molar-refractivity contribution in [2.45, 2.75) is 6.92 Å². The van der Waals surface area contributed by atoms with E-state index in [1.54, 1.807) is 0 Å². The van der Waals surface area contributed by atoms with Gasteiger partial charge in [0, 0.05) is 21.8 Å². The van der Waals surface area contributed by atoms with Gasteiger partial charge in [0.15, 0.2) is 0 Å². The van der Waals surface area contributed by atoms with Crippen molar-refractivity contribution in [2.24, 2.45) is 0 Å². The Morgan fingerprint density at radius 3 is 1.39 bits per heavy atom. The van der Waals surface area contributed by atoms with Crippen LogP contribution in [0.2, 0.25) is 0 Å². The fourth-order valence-electron chi connectivity index (χ4n) is 7.25. The fourth-order valence-corrected chi connectivity index (χ4v) is 7.25. The van der Waals surface area contributed by atoms with Gasteiger partial charge in [-0.2, -0.15) is 0 Å². The second-order valence-electron chi connectivity index (χ2n) is 13.5. The molecule has 2 nitrogen and oxygen atoms in total. The molecule has 9 aromatic carbocycles. The maximum Gasteiger partial charge on any atom is 0.0606 e. The third-order valence-corrected chi connectivity index (χ3v) is 10.0. The van der Waals surface area contributed by atoms with E-state index in [4.69, 9.17) is 5.41 Å². The van der Waals surface area contributed by atoms with E-state index in [2.05, 4.69) is 182 Å². The van der Waals surface area contributed by atoms with Crippen molar-refractivity contribution in [3.8, 4) is 22.3 Å². The molecule has 0 atom stereocenters.